The Balaban J connectivity index is 2.73. The average Bonchev–Trinajstić information content (AvgIpc) is 2.58. The Morgan fingerprint density at radius 3 is 2.60 bits per heavy atom. The van der Waals surface area contributed by atoms with E-state index in [4.69, 9.17) is 11.6 Å². The highest BCUT2D eigenvalue weighted by molar-refractivity contribution is 6.18. The van der Waals surface area contributed by atoms with Gasteiger partial charge in [0, 0.05) is 17.5 Å². The summed E-state index contributed by atoms with van der Waals surface area (Å²) in [6.45, 7) is 0. The summed E-state index contributed by atoms with van der Waals surface area (Å²) < 4.78 is 37.7. The number of rotatable bonds is 1. The molecule has 0 saturated heterocycles. The molecule has 1 aromatic carbocycles. The minimum absolute atomic E-state index is 0.0978. The number of aromatic nitrogens is 1. The molecule has 0 aliphatic carbocycles. The van der Waals surface area contributed by atoms with E-state index in [1.165, 1.54) is 12.3 Å². The first-order valence-electron chi connectivity index (χ1n) is 4.26. The van der Waals surface area contributed by atoms with Crippen molar-refractivity contribution in [2.45, 2.75) is 12.1 Å². The molecule has 0 bridgehead atoms. The Bertz CT molecular complexity index is 487. The van der Waals surface area contributed by atoms with E-state index in [0.29, 0.717) is 10.9 Å². The summed E-state index contributed by atoms with van der Waals surface area (Å²) in [4.78, 5) is 2.61. The first-order chi connectivity index (χ1) is 7.04. The second-order valence-electron chi connectivity index (χ2n) is 3.17. The maximum atomic E-state index is 12.6. The summed E-state index contributed by atoms with van der Waals surface area (Å²) in [6.07, 6.45) is -2.83. The summed E-state index contributed by atoms with van der Waals surface area (Å²) in [5, 5.41) is 0.528. The number of halogens is 4. The maximum Gasteiger partial charge on any atom is 0.418 e. The van der Waals surface area contributed by atoms with Crippen LogP contribution >= 0.6 is 11.6 Å². The Kier molecular flexibility index (Phi) is 2.38. The highest BCUT2D eigenvalue weighted by Gasteiger charge is 2.33. The zero-order valence-electron chi connectivity index (χ0n) is 7.53. The SMILES string of the molecule is FC(F)(F)c1cccc2c(CCl)c[nH]c12. The lowest BCUT2D eigenvalue weighted by atomic mass is 10.1. The van der Waals surface area contributed by atoms with Crippen molar-refractivity contribution in [2.75, 3.05) is 0 Å². The van der Waals surface area contributed by atoms with Crippen LogP contribution in [0.2, 0.25) is 0 Å². The van der Waals surface area contributed by atoms with Crippen molar-refractivity contribution in [2.24, 2.45) is 0 Å². The summed E-state index contributed by atoms with van der Waals surface area (Å²) in [7, 11) is 0. The van der Waals surface area contributed by atoms with Crippen molar-refractivity contribution in [3.63, 3.8) is 0 Å². The minimum atomic E-state index is -4.34. The molecule has 0 spiro atoms. The van der Waals surface area contributed by atoms with Gasteiger partial charge in [-0.25, -0.2) is 0 Å². The van der Waals surface area contributed by atoms with Crippen molar-refractivity contribution >= 4 is 22.5 Å². The standard InChI is InChI=1S/C10H7ClF3N/c11-4-6-5-15-9-7(6)2-1-3-8(9)10(12,13)14/h1-3,5,15H,4H2. The predicted octanol–water partition coefficient (Wildman–Crippen LogP) is 3.93. The lowest BCUT2D eigenvalue weighted by molar-refractivity contribution is -0.136. The van der Waals surface area contributed by atoms with Gasteiger partial charge < -0.3 is 4.98 Å². The summed E-state index contributed by atoms with van der Waals surface area (Å²) in [5.74, 6) is 0.196. The smallest absolute Gasteiger partial charge is 0.360 e. The molecule has 0 aliphatic rings. The lowest BCUT2D eigenvalue weighted by Crippen LogP contribution is -2.05. The third-order valence-electron chi connectivity index (χ3n) is 2.25. The molecular formula is C10H7ClF3N. The molecule has 0 amide bonds. The number of para-hydroxylation sites is 1. The summed E-state index contributed by atoms with van der Waals surface area (Å²) >= 11 is 5.61. The number of H-pyrrole nitrogens is 1. The molecule has 80 valence electrons. The molecule has 15 heavy (non-hydrogen) atoms. The van der Waals surface area contributed by atoms with Gasteiger partial charge in [0.05, 0.1) is 11.1 Å². The van der Waals surface area contributed by atoms with Crippen LogP contribution in [0.3, 0.4) is 0 Å². The number of alkyl halides is 4. The van der Waals surface area contributed by atoms with Crippen molar-refractivity contribution in [3.05, 3.63) is 35.5 Å². The predicted molar refractivity (Wildman–Crippen MR) is 52.9 cm³/mol. The van der Waals surface area contributed by atoms with E-state index in [2.05, 4.69) is 4.98 Å². The number of nitrogens with one attached hydrogen (secondary N) is 1. The van der Waals surface area contributed by atoms with Crippen molar-refractivity contribution in [1.82, 2.24) is 4.98 Å². The Morgan fingerprint density at radius 1 is 1.27 bits per heavy atom. The summed E-state index contributed by atoms with van der Waals surface area (Å²) in [6, 6.07) is 4.06. The fourth-order valence-corrected chi connectivity index (χ4v) is 1.78. The van der Waals surface area contributed by atoms with E-state index >= 15 is 0 Å². The molecule has 0 saturated carbocycles. The van der Waals surface area contributed by atoms with E-state index in [9.17, 15) is 13.2 Å². The first-order valence-corrected chi connectivity index (χ1v) is 4.79. The lowest BCUT2D eigenvalue weighted by Gasteiger charge is -2.07. The van der Waals surface area contributed by atoms with Crippen LogP contribution in [0.4, 0.5) is 13.2 Å². The van der Waals surface area contributed by atoms with Gasteiger partial charge in [-0.05, 0) is 11.6 Å². The molecule has 0 atom stereocenters. The highest BCUT2D eigenvalue weighted by atomic mass is 35.5. The summed E-state index contributed by atoms with van der Waals surface area (Å²) in [5.41, 5.74) is 0.120. The van der Waals surface area contributed by atoms with Crippen LogP contribution in [-0.4, -0.2) is 4.98 Å². The van der Waals surface area contributed by atoms with Gasteiger partial charge in [-0.1, -0.05) is 12.1 Å². The third kappa shape index (κ3) is 1.69. The highest BCUT2D eigenvalue weighted by Crippen LogP contribution is 2.35. The zero-order chi connectivity index (χ0) is 11.1. The van der Waals surface area contributed by atoms with E-state index in [1.807, 2.05) is 0 Å². The Hall–Kier alpha value is -1.16. The van der Waals surface area contributed by atoms with Gasteiger partial charge in [-0.15, -0.1) is 11.6 Å². The van der Waals surface area contributed by atoms with Gasteiger partial charge in [0.1, 0.15) is 0 Å². The van der Waals surface area contributed by atoms with E-state index in [1.54, 1.807) is 6.07 Å². The normalized spacial score (nSPS) is 12.3. The van der Waals surface area contributed by atoms with Crippen LogP contribution in [0, 0.1) is 0 Å². The van der Waals surface area contributed by atoms with E-state index < -0.39 is 11.7 Å². The number of fused-ring (bicyclic) bond motifs is 1. The molecule has 0 radical (unpaired) electrons. The number of hydrogen-bond acceptors (Lipinski definition) is 0. The molecule has 1 nitrogen and oxygen atoms in total. The van der Waals surface area contributed by atoms with Crippen LogP contribution in [0.5, 0.6) is 0 Å². The fraction of sp³-hybridized carbons (Fsp3) is 0.200. The second-order valence-corrected chi connectivity index (χ2v) is 3.44. The zero-order valence-corrected chi connectivity index (χ0v) is 8.28. The molecule has 0 fully saturated rings. The third-order valence-corrected chi connectivity index (χ3v) is 2.54. The van der Waals surface area contributed by atoms with Crippen molar-refractivity contribution in [1.29, 1.82) is 0 Å². The Labute approximate surface area is 88.9 Å². The van der Waals surface area contributed by atoms with Gasteiger partial charge in [0.15, 0.2) is 0 Å². The number of benzene rings is 1. The second kappa shape index (κ2) is 3.45. The van der Waals surface area contributed by atoms with Gasteiger partial charge in [0.2, 0.25) is 0 Å². The fourth-order valence-electron chi connectivity index (χ4n) is 1.56. The molecule has 0 unspecified atom stereocenters. The minimum Gasteiger partial charge on any atom is -0.360 e. The maximum absolute atomic E-state index is 12.6. The van der Waals surface area contributed by atoms with Crippen molar-refractivity contribution in [3.8, 4) is 0 Å². The molecule has 0 aliphatic heterocycles. The first kappa shape index (κ1) is 10.4. The van der Waals surface area contributed by atoms with E-state index in [-0.39, 0.29) is 11.4 Å². The molecule has 1 N–H and O–H groups in total. The van der Waals surface area contributed by atoms with Crippen LogP contribution in [0.1, 0.15) is 11.1 Å². The van der Waals surface area contributed by atoms with Crippen LogP contribution in [0.15, 0.2) is 24.4 Å². The van der Waals surface area contributed by atoms with Gasteiger partial charge >= 0.3 is 6.18 Å². The molecule has 2 aromatic rings. The number of hydrogen-bond donors (Lipinski definition) is 1. The monoisotopic (exact) mass is 233 g/mol. The number of aromatic amines is 1. The largest absolute Gasteiger partial charge is 0.418 e. The Morgan fingerprint density at radius 2 is 2.00 bits per heavy atom. The molecule has 2 rings (SSSR count). The topological polar surface area (TPSA) is 15.8 Å². The molecule has 5 heteroatoms. The van der Waals surface area contributed by atoms with Gasteiger partial charge in [-0.2, -0.15) is 13.2 Å². The van der Waals surface area contributed by atoms with Gasteiger partial charge in [0.25, 0.3) is 0 Å². The van der Waals surface area contributed by atoms with Crippen LogP contribution < -0.4 is 0 Å². The van der Waals surface area contributed by atoms with Crippen LogP contribution in [0.25, 0.3) is 10.9 Å². The van der Waals surface area contributed by atoms with Crippen LogP contribution in [-0.2, 0) is 12.1 Å². The van der Waals surface area contributed by atoms with E-state index in [0.717, 1.165) is 6.07 Å². The molecule has 1 heterocycles. The molecule has 1 aromatic heterocycles. The quantitative estimate of drug-likeness (QED) is 0.719. The molecular weight excluding hydrogens is 227 g/mol. The van der Waals surface area contributed by atoms with Crippen molar-refractivity contribution < 1.29 is 13.2 Å². The van der Waals surface area contributed by atoms with Gasteiger partial charge in [-0.3, -0.25) is 0 Å². The average molecular weight is 234 g/mol.